The first-order chi connectivity index (χ1) is 8.66. The van der Waals surface area contributed by atoms with Crippen LogP contribution in [-0.4, -0.2) is 24.2 Å². The van der Waals surface area contributed by atoms with Crippen molar-refractivity contribution in [1.82, 2.24) is 0 Å². The number of anilines is 1. The molecule has 1 unspecified atom stereocenters. The molecule has 5 nitrogen and oxygen atoms in total. The summed E-state index contributed by atoms with van der Waals surface area (Å²) >= 11 is 5.75. The lowest BCUT2D eigenvalue weighted by Gasteiger charge is -2.23. The Kier molecular flexibility index (Phi) is 4.38. The molecule has 0 amide bonds. The fourth-order valence-corrected chi connectivity index (χ4v) is 2.16. The summed E-state index contributed by atoms with van der Waals surface area (Å²) in [5.41, 5.74) is 0.483. The third-order valence-corrected chi connectivity index (χ3v) is 3.19. The molecule has 1 atom stereocenters. The Balaban J connectivity index is 2.01. The quantitative estimate of drug-likeness (QED) is 0.674. The second-order valence-corrected chi connectivity index (χ2v) is 4.72. The van der Waals surface area contributed by atoms with Gasteiger partial charge in [0, 0.05) is 24.2 Å². The molecule has 0 bridgehead atoms. The van der Waals surface area contributed by atoms with Crippen molar-refractivity contribution < 1.29 is 9.66 Å². The predicted octanol–water partition coefficient (Wildman–Crippen LogP) is 3.23. The highest BCUT2D eigenvalue weighted by Gasteiger charge is 2.17. The van der Waals surface area contributed by atoms with Gasteiger partial charge in [0.1, 0.15) is 5.69 Å². The molecule has 0 saturated carbocycles. The summed E-state index contributed by atoms with van der Waals surface area (Å²) in [7, 11) is 0. The molecule has 1 fully saturated rings. The maximum atomic E-state index is 10.9. The van der Waals surface area contributed by atoms with Crippen molar-refractivity contribution in [2.24, 2.45) is 0 Å². The fraction of sp³-hybridized carbons (Fsp3) is 0.500. The minimum absolute atomic E-state index is 0.00157. The Labute approximate surface area is 110 Å². The number of nitro groups is 1. The van der Waals surface area contributed by atoms with Crippen LogP contribution in [0.4, 0.5) is 11.4 Å². The van der Waals surface area contributed by atoms with Gasteiger partial charge < -0.3 is 10.1 Å². The van der Waals surface area contributed by atoms with E-state index in [1.807, 2.05) is 0 Å². The van der Waals surface area contributed by atoms with E-state index in [0.29, 0.717) is 17.3 Å². The highest BCUT2D eigenvalue weighted by atomic mass is 35.5. The molecule has 1 N–H and O–H groups in total. The summed E-state index contributed by atoms with van der Waals surface area (Å²) in [5.74, 6) is 0. The molecule has 2 rings (SSSR count). The van der Waals surface area contributed by atoms with Crippen LogP contribution in [0.2, 0.25) is 5.02 Å². The molecule has 0 aromatic heterocycles. The monoisotopic (exact) mass is 270 g/mol. The van der Waals surface area contributed by atoms with E-state index in [1.54, 1.807) is 12.1 Å². The summed E-state index contributed by atoms with van der Waals surface area (Å²) in [5, 5.41) is 14.3. The van der Waals surface area contributed by atoms with Crippen molar-refractivity contribution in [2.75, 3.05) is 18.5 Å². The van der Waals surface area contributed by atoms with Crippen LogP contribution in [0.1, 0.15) is 19.3 Å². The van der Waals surface area contributed by atoms with Crippen LogP contribution in [0, 0.1) is 10.1 Å². The van der Waals surface area contributed by atoms with E-state index in [0.717, 1.165) is 25.9 Å². The molecule has 6 heteroatoms. The molecule has 0 spiro atoms. The van der Waals surface area contributed by atoms with Gasteiger partial charge in [0.25, 0.3) is 5.69 Å². The topological polar surface area (TPSA) is 64.4 Å². The van der Waals surface area contributed by atoms with Gasteiger partial charge in [-0.05, 0) is 31.4 Å². The molecule has 1 aliphatic heterocycles. The minimum atomic E-state index is -0.435. The van der Waals surface area contributed by atoms with Crippen LogP contribution in [0.3, 0.4) is 0 Å². The Bertz CT molecular complexity index is 433. The van der Waals surface area contributed by atoms with Crippen LogP contribution in [0.25, 0.3) is 0 Å². The molecule has 1 saturated heterocycles. The van der Waals surface area contributed by atoms with Crippen LogP contribution < -0.4 is 5.32 Å². The molecule has 98 valence electrons. The highest BCUT2D eigenvalue weighted by Crippen LogP contribution is 2.28. The van der Waals surface area contributed by atoms with E-state index in [1.165, 1.54) is 6.07 Å². The molecular formula is C12H15ClN2O3. The highest BCUT2D eigenvalue weighted by molar-refractivity contribution is 6.30. The van der Waals surface area contributed by atoms with E-state index in [2.05, 4.69) is 5.32 Å². The van der Waals surface area contributed by atoms with Crippen molar-refractivity contribution in [3.05, 3.63) is 33.3 Å². The number of nitrogens with one attached hydrogen (secondary N) is 1. The van der Waals surface area contributed by atoms with Crippen LogP contribution >= 0.6 is 11.6 Å². The van der Waals surface area contributed by atoms with E-state index < -0.39 is 4.92 Å². The molecule has 1 aromatic carbocycles. The fourth-order valence-electron chi connectivity index (χ4n) is 2.00. The number of halogens is 1. The first kappa shape index (κ1) is 13.1. The molecule has 0 radical (unpaired) electrons. The first-order valence-corrected chi connectivity index (χ1v) is 6.34. The van der Waals surface area contributed by atoms with Crippen LogP contribution in [-0.2, 0) is 4.74 Å². The van der Waals surface area contributed by atoms with E-state index in [4.69, 9.17) is 16.3 Å². The molecule has 1 aromatic rings. The predicted molar refractivity (Wildman–Crippen MR) is 70.2 cm³/mol. The van der Waals surface area contributed by atoms with Crippen molar-refractivity contribution in [2.45, 2.75) is 25.4 Å². The summed E-state index contributed by atoms with van der Waals surface area (Å²) < 4.78 is 5.57. The Morgan fingerprint density at radius 3 is 3.00 bits per heavy atom. The summed E-state index contributed by atoms with van der Waals surface area (Å²) in [4.78, 5) is 10.5. The SMILES string of the molecule is O=[N+]([O-])c1cc(Cl)ccc1NCC1CCCCO1. The van der Waals surface area contributed by atoms with Crippen molar-refractivity contribution in [1.29, 1.82) is 0 Å². The van der Waals surface area contributed by atoms with E-state index in [9.17, 15) is 10.1 Å². The lowest BCUT2D eigenvalue weighted by Crippen LogP contribution is -2.27. The maximum absolute atomic E-state index is 10.9. The normalized spacial score (nSPS) is 19.5. The first-order valence-electron chi connectivity index (χ1n) is 5.96. The zero-order chi connectivity index (χ0) is 13.0. The largest absolute Gasteiger partial charge is 0.377 e. The molecule has 0 aliphatic carbocycles. The average Bonchev–Trinajstić information content (AvgIpc) is 2.38. The second kappa shape index (κ2) is 6.02. The van der Waals surface area contributed by atoms with Crippen LogP contribution in [0.5, 0.6) is 0 Å². The van der Waals surface area contributed by atoms with Crippen molar-refractivity contribution in [3.63, 3.8) is 0 Å². The van der Waals surface area contributed by atoms with E-state index in [-0.39, 0.29) is 11.8 Å². The third-order valence-electron chi connectivity index (χ3n) is 2.95. The lowest BCUT2D eigenvalue weighted by molar-refractivity contribution is -0.383. The van der Waals surface area contributed by atoms with Gasteiger partial charge in [-0.3, -0.25) is 10.1 Å². The van der Waals surface area contributed by atoms with Gasteiger partial charge in [0.2, 0.25) is 0 Å². The van der Waals surface area contributed by atoms with Gasteiger partial charge in [0.05, 0.1) is 11.0 Å². The van der Waals surface area contributed by atoms with Gasteiger partial charge in [-0.2, -0.15) is 0 Å². The van der Waals surface area contributed by atoms with E-state index >= 15 is 0 Å². The Hall–Kier alpha value is -1.33. The smallest absolute Gasteiger partial charge is 0.293 e. The third kappa shape index (κ3) is 3.34. The number of hydrogen-bond donors (Lipinski definition) is 1. The van der Waals surface area contributed by atoms with Gasteiger partial charge in [-0.25, -0.2) is 0 Å². The zero-order valence-electron chi connectivity index (χ0n) is 9.89. The van der Waals surface area contributed by atoms with Crippen molar-refractivity contribution >= 4 is 23.0 Å². The standard InChI is InChI=1S/C12H15ClN2O3/c13-9-4-5-11(12(7-9)15(16)17)14-8-10-3-1-2-6-18-10/h4-5,7,10,14H,1-3,6,8H2. The van der Waals surface area contributed by atoms with Gasteiger partial charge in [-0.15, -0.1) is 0 Å². The van der Waals surface area contributed by atoms with Crippen LogP contribution in [0.15, 0.2) is 18.2 Å². The molecular weight excluding hydrogens is 256 g/mol. The average molecular weight is 271 g/mol. The zero-order valence-corrected chi connectivity index (χ0v) is 10.7. The number of hydrogen-bond acceptors (Lipinski definition) is 4. The molecule has 18 heavy (non-hydrogen) atoms. The number of benzene rings is 1. The molecule has 1 aliphatic rings. The Morgan fingerprint density at radius 1 is 1.50 bits per heavy atom. The number of ether oxygens (including phenoxy) is 1. The van der Waals surface area contributed by atoms with Gasteiger partial charge >= 0.3 is 0 Å². The molecule has 1 heterocycles. The number of rotatable bonds is 4. The second-order valence-electron chi connectivity index (χ2n) is 4.29. The van der Waals surface area contributed by atoms with Gasteiger partial charge in [0.15, 0.2) is 0 Å². The number of nitrogens with zero attached hydrogens (tertiary/aromatic N) is 1. The summed E-state index contributed by atoms with van der Waals surface area (Å²) in [6.07, 6.45) is 3.37. The Morgan fingerprint density at radius 2 is 2.33 bits per heavy atom. The summed E-state index contributed by atoms with van der Waals surface area (Å²) in [6, 6.07) is 4.62. The van der Waals surface area contributed by atoms with Crippen molar-refractivity contribution in [3.8, 4) is 0 Å². The number of nitro benzene ring substituents is 1. The van der Waals surface area contributed by atoms with Gasteiger partial charge in [-0.1, -0.05) is 11.6 Å². The lowest BCUT2D eigenvalue weighted by atomic mass is 10.1. The maximum Gasteiger partial charge on any atom is 0.293 e. The minimum Gasteiger partial charge on any atom is -0.377 e. The summed E-state index contributed by atoms with van der Waals surface area (Å²) in [6.45, 7) is 1.36.